The zero-order valence-corrected chi connectivity index (χ0v) is 23.2. The number of hydrogen-bond acceptors (Lipinski definition) is 4. The molecule has 0 bridgehead atoms. The van der Waals surface area contributed by atoms with Crippen molar-refractivity contribution in [3.63, 3.8) is 0 Å². The first-order valence-electron chi connectivity index (χ1n) is 14.0. The van der Waals surface area contributed by atoms with Gasteiger partial charge in [0.25, 0.3) is 0 Å². The number of H-pyrrole nitrogens is 1. The van der Waals surface area contributed by atoms with Gasteiger partial charge < -0.3 is 15.2 Å². The standard InChI is InChI=1S/C30H41FN4O3/c1-17(2)22-14-23(22)30(38)34-25(15-28(37)35-11-7-6-8-20(35)5)27(36)13-19(4)29-32-16-26(33-29)21-10-9-18(3)12-24(21)31/h9-10,12,16-17,19-20,22-23,25H,6-8,11,13-15H2,1-5H3,(H,32,33)(H,34,38)/t19-,20+,22?,23?,25+/m1/s1. The number of nitrogens with zero attached hydrogens (tertiary/aromatic N) is 2. The highest BCUT2D eigenvalue weighted by molar-refractivity contribution is 5.94. The molecule has 7 nitrogen and oxygen atoms in total. The summed E-state index contributed by atoms with van der Waals surface area (Å²) < 4.78 is 14.5. The summed E-state index contributed by atoms with van der Waals surface area (Å²) in [6.45, 7) is 10.6. The molecule has 5 atom stereocenters. The summed E-state index contributed by atoms with van der Waals surface area (Å²) in [5.41, 5.74) is 1.80. The lowest BCUT2D eigenvalue weighted by atomic mass is 9.96. The molecule has 2 aromatic rings. The average molecular weight is 525 g/mol. The molecule has 2 heterocycles. The van der Waals surface area contributed by atoms with E-state index in [1.807, 2.05) is 31.7 Å². The molecule has 206 valence electrons. The number of benzene rings is 1. The number of Topliss-reactive ketones (excluding diaryl/α,β-unsaturated/α-hetero) is 1. The summed E-state index contributed by atoms with van der Waals surface area (Å²) in [5.74, 6) is 0.160. The highest BCUT2D eigenvalue weighted by Gasteiger charge is 2.45. The van der Waals surface area contributed by atoms with Gasteiger partial charge in [-0.25, -0.2) is 9.37 Å². The van der Waals surface area contributed by atoms with E-state index in [0.29, 0.717) is 35.5 Å². The predicted octanol–water partition coefficient (Wildman–Crippen LogP) is 5.15. The van der Waals surface area contributed by atoms with E-state index >= 15 is 0 Å². The molecule has 2 fully saturated rings. The van der Waals surface area contributed by atoms with Crippen LogP contribution < -0.4 is 5.32 Å². The summed E-state index contributed by atoms with van der Waals surface area (Å²) in [4.78, 5) is 49.1. The van der Waals surface area contributed by atoms with Gasteiger partial charge in [-0.2, -0.15) is 0 Å². The molecule has 2 amide bonds. The number of ketones is 1. The van der Waals surface area contributed by atoms with Gasteiger partial charge in [0, 0.05) is 36.4 Å². The van der Waals surface area contributed by atoms with E-state index in [9.17, 15) is 18.8 Å². The summed E-state index contributed by atoms with van der Waals surface area (Å²) in [7, 11) is 0. The summed E-state index contributed by atoms with van der Waals surface area (Å²) in [5, 5.41) is 2.93. The molecule has 38 heavy (non-hydrogen) atoms. The van der Waals surface area contributed by atoms with Gasteiger partial charge >= 0.3 is 0 Å². The van der Waals surface area contributed by atoms with Crippen molar-refractivity contribution in [1.29, 1.82) is 0 Å². The van der Waals surface area contributed by atoms with Crippen LogP contribution >= 0.6 is 0 Å². The largest absolute Gasteiger partial charge is 0.346 e. The van der Waals surface area contributed by atoms with E-state index in [0.717, 1.165) is 31.2 Å². The number of likely N-dealkylation sites (tertiary alicyclic amines) is 1. The number of hydrogen-bond donors (Lipinski definition) is 2. The van der Waals surface area contributed by atoms with Crippen molar-refractivity contribution >= 4 is 17.6 Å². The van der Waals surface area contributed by atoms with E-state index < -0.39 is 6.04 Å². The fourth-order valence-electron chi connectivity index (χ4n) is 5.64. The number of amides is 2. The zero-order chi connectivity index (χ0) is 27.6. The molecule has 2 unspecified atom stereocenters. The van der Waals surface area contributed by atoms with E-state index in [2.05, 4.69) is 29.1 Å². The lowest BCUT2D eigenvalue weighted by Gasteiger charge is -2.34. The third-order valence-corrected chi connectivity index (χ3v) is 8.22. The van der Waals surface area contributed by atoms with Gasteiger partial charge in [0.15, 0.2) is 5.78 Å². The van der Waals surface area contributed by atoms with Crippen LogP contribution in [0.2, 0.25) is 0 Å². The highest BCUT2D eigenvalue weighted by atomic mass is 19.1. The molecule has 1 saturated heterocycles. The van der Waals surface area contributed by atoms with Crippen molar-refractivity contribution in [1.82, 2.24) is 20.2 Å². The molecule has 1 aromatic heterocycles. The number of rotatable bonds is 10. The van der Waals surface area contributed by atoms with Crippen molar-refractivity contribution < 1.29 is 18.8 Å². The van der Waals surface area contributed by atoms with Gasteiger partial charge in [0.2, 0.25) is 11.8 Å². The smallest absolute Gasteiger partial charge is 0.225 e. The van der Waals surface area contributed by atoms with Crippen LogP contribution in [0.15, 0.2) is 24.4 Å². The molecule has 8 heteroatoms. The van der Waals surface area contributed by atoms with Crippen molar-refractivity contribution in [3.05, 3.63) is 41.6 Å². The molecule has 2 N–H and O–H groups in total. The van der Waals surface area contributed by atoms with Crippen LogP contribution in [-0.2, 0) is 14.4 Å². The third-order valence-electron chi connectivity index (χ3n) is 8.22. The fourth-order valence-corrected chi connectivity index (χ4v) is 5.64. The average Bonchev–Trinajstić information content (AvgIpc) is 3.53. The Morgan fingerprint density at radius 1 is 1.18 bits per heavy atom. The van der Waals surface area contributed by atoms with Crippen LogP contribution in [0, 0.1) is 30.5 Å². The van der Waals surface area contributed by atoms with Crippen molar-refractivity contribution in [3.8, 4) is 11.3 Å². The normalized spacial score (nSPS) is 22.7. The lowest BCUT2D eigenvalue weighted by Crippen LogP contribution is -2.48. The van der Waals surface area contributed by atoms with Crippen LogP contribution in [0.4, 0.5) is 4.39 Å². The van der Waals surface area contributed by atoms with Gasteiger partial charge in [0.05, 0.1) is 24.4 Å². The van der Waals surface area contributed by atoms with Gasteiger partial charge in [-0.15, -0.1) is 0 Å². The molecule has 0 spiro atoms. The summed E-state index contributed by atoms with van der Waals surface area (Å²) >= 11 is 0. The molecule has 1 aliphatic heterocycles. The Labute approximate surface area is 225 Å². The van der Waals surface area contributed by atoms with E-state index in [-0.39, 0.29) is 54.1 Å². The van der Waals surface area contributed by atoms with Crippen LogP contribution in [0.25, 0.3) is 11.3 Å². The number of aromatic amines is 1. The highest BCUT2D eigenvalue weighted by Crippen LogP contribution is 2.44. The monoisotopic (exact) mass is 524 g/mol. The zero-order valence-electron chi connectivity index (χ0n) is 23.2. The molecule has 1 saturated carbocycles. The third kappa shape index (κ3) is 6.51. The molecule has 1 aromatic carbocycles. The van der Waals surface area contributed by atoms with E-state index in [4.69, 9.17) is 0 Å². The number of piperidine rings is 1. The van der Waals surface area contributed by atoms with Crippen molar-refractivity contribution in [2.24, 2.45) is 17.8 Å². The fraction of sp³-hybridized carbons (Fsp3) is 0.600. The Hall–Kier alpha value is -3.03. The van der Waals surface area contributed by atoms with Crippen LogP contribution in [0.3, 0.4) is 0 Å². The number of carbonyl (C=O) groups excluding carboxylic acids is 3. The Morgan fingerprint density at radius 2 is 1.95 bits per heavy atom. The number of aryl methyl sites for hydroxylation is 1. The maximum atomic E-state index is 14.5. The number of carbonyl (C=O) groups is 3. The maximum absolute atomic E-state index is 14.5. The summed E-state index contributed by atoms with van der Waals surface area (Å²) in [6.07, 6.45) is 5.48. The second-order valence-corrected chi connectivity index (χ2v) is 11.7. The first kappa shape index (κ1) is 28.0. The second-order valence-electron chi connectivity index (χ2n) is 11.7. The van der Waals surface area contributed by atoms with Gasteiger partial charge in [-0.05, 0) is 69.1 Å². The van der Waals surface area contributed by atoms with Gasteiger partial charge in [0.1, 0.15) is 11.6 Å². The van der Waals surface area contributed by atoms with E-state index in [1.165, 1.54) is 6.07 Å². The number of halogens is 1. The van der Waals surface area contributed by atoms with Gasteiger partial charge in [-0.3, -0.25) is 14.4 Å². The topological polar surface area (TPSA) is 95.2 Å². The quantitative estimate of drug-likeness (QED) is 0.449. The molecule has 2 aliphatic rings. The Bertz CT molecular complexity index is 1180. The predicted molar refractivity (Wildman–Crippen MR) is 145 cm³/mol. The minimum absolute atomic E-state index is 0.0291. The van der Waals surface area contributed by atoms with Crippen LogP contribution in [0.5, 0.6) is 0 Å². The minimum atomic E-state index is -0.871. The van der Waals surface area contributed by atoms with E-state index in [1.54, 1.807) is 12.3 Å². The Morgan fingerprint density at radius 3 is 2.61 bits per heavy atom. The van der Waals surface area contributed by atoms with Crippen LogP contribution in [0.1, 0.15) is 83.5 Å². The first-order valence-corrected chi connectivity index (χ1v) is 14.0. The first-order chi connectivity index (χ1) is 18.0. The maximum Gasteiger partial charge on any atom is 0.225 e. The van der Waals surface area contributed by atoms with Crippen molar-refractivity contribution in [2.45, 2.75) is 91.1 Å². The molecule has 4 rings (SSSR count). The lowest BCUT2D eigenvalue weighted by molar-refractivity contribution is -0.138. The molecule has 0 radical (unpaired) electrons. The van der Waals surface area contributed by atoms with Gasteiger partial charge in [-0.1, -0.05) is 26.8 Å². The second kappa shape index (κ2) is 11.8. The Balaban J connectivity index is 1.45. The minimum Gasteiger partial charge on any atom is -0.346 e. The Kier molecular flexibility index (Phi) is 8.68. The molecule has 1 aliphatic carbocycles. The number of nitrogens with one attached hydrogen (secondary N) is 2. The van der Waals surface area contributed by atoms with Crippen LogP contribution in [-0.4, -0.2) is 51.1 Å². The molecular formula is C30H41FN4O3. The SMILES string of the molecule is Cc1ccc(-c2cnc([C@H](C)CC(=O)[C@H](CC(=O)N3CCCC[C@@H]3C)NC(=O)C3CC3C(C)C)[nH]2)c(F)c1. The summed E-state index contributed by atoms with van der Waals surface area (Å²) in [6, 6.07) is 4.28. The number of aromatic nitrogens is 2. The number of imidazole rings is 1. The molecular weight excluding hydrogens is 483 g/mol. The van der Waals surface area contributed by atoms with Crippen molar-refractivity contribution in [2.75, 3.05) is 6.54 Å².